The van der Waals surface area contributed by atoms with Gasteiger partial charge < -0.3 is 14.6 Å². The predicted molar refractivity (Wildman–Crippen MR) is 88.2 cm³/mol. The molecule has 0 bridgehead atoms. The summed E-state index contributed by atoms with van der Waals surface area (Å²) >= 11 is 3.39. The molecule has 1 aliphatic rings. The normalized spacial score (nSPS) is 18.2. The zero-order valence-corrected chi connectivity index (χ0v) is 14.5. The first kappa shape index (κ1) is 15.9. The van der Waals surface area contributed by atoms with Gasteiger partial charge in [0.15, 0.2) is 5.16 Å². The molecule has 1 atom stereocenters. The number of thiazole rings is 1. The molecule has 120 valence electrons. The molecule has 1 saturated heterocycles. The number of hydrogen-bond acceptors (Lipinski definition) is 7. The quantitative estimate of drug-likeness (QED) is 0.781. The highest BCUT2D eigenvalue weighted by Crippen LogP contribution is 2.25. The molecule has 0 spiro atoms. The van der Waals surface area contributed by atoms with Gasteiger partial charge in [-0.3, -0.25) is 0 Å². The fourth-order valence-corrected chi connectivity index (χ4v) is 4.17. The van der Waals surface area contributed by atoms with Gasteiger partial charge in [0, 0.05) is 17.2 Å². The summed E-state index contributed by atoms with van der Waals surface area (Å²) in [4.78, 5) is 5.68. The van der Waals surface area contributed by atoms with Crippen LogP contribution in [0.3, 0.4) is 0 Å². The van der Waals surface area contributed by atoms with Crippen molar-refractivity contribution in [3.05, 3.63) is 21.9 Å². The lowest BCUT2D eigenvalue weighted by atomic mass is 10.2. The number of nitrogens with zero attached hydrogens (tertiary/aromatic N) is 4. The van der Waals surface area contributed by atoms with Gasteiger partial charge >= 0.3 is 0 Å². The summed E-state index contributed by atoms with van der Waals surface area (Å²) in [5.41, 5.74) is 3.03. The maximum absolute atomic E-state index is 5.77. The molecule has 8 heteroatoms. The van der Waals surface area contributed by atoms with Crippen LogP contribution >= 0.6 is 23.1 Å². The maximum atomic E-state index is 5.77. The molecule has 1 aliphatic heterocycles. The zero-order valence-electron chi connectivity index (χ0n) is 12.9. The Bertz CT molecular complexity index is 606. The van der Waals surface area contributed by atoms with Crippen molar-refractivity contribution in [3.63, 3.8) is 0 Å². The molecule has 3 heterocycles. The molecule has 0 aliphatic carbocycles. The van der Waals surface area contributed by atoms with Crippen molar-refractivity contribution in [1.29, 1.82) is 0 Å². The van der Waals surface area contributed by atoms with Crippen LogP contribution < -0.4 is 5.32 Å². The van der Waals surface area contributed by atoms with Crippen LogP contribution in [0.25, 0.3) is 0 Å². The second-order valence-corrected chi connectivity index (χ2v) is 7.32. The first-order valence-electron chi connectivity index (χ1n) is 7.48. The number of ether oxygens (including phenoxy) is 1. The lowest BCUT2D eigenvalue weighted by Crippen LogP contribution is -2.20. The fraction of sp³-hybridized carbons (Fsp3) is 0.643. The lowest BCUT2D eigenvalue weighted by Gasteiger charge is -2.14. The summed E-state index contributed by atoms with van der Waals surface area (Å²) in [5, 5.41) is 12.8. The number of aryl methyl sites for hydroxylation is 1. The summed E-state index contributed by atoms with van der Waals surface area (Å²) in [6, 6.07) is 0. The third-order valence-electron chi connectivity index (χ3n) is 3.72. The number of hydrogen-bond donors (Lipinski definition) is 1. The minimum absolute atomic E-state index is 0.284. The van der Waals surface area contributed by atoms with Gasteiger partial charge in [-0.15, -0.1) is 21.5 Å². The smallest absolute Gasteiger partial charge is 0.191 e. The van der Waals surface area contributed by atoms with Crippen LogP contribution in [0, 0.1) is 6.92 Å². The van der Waals surface area contributed by atoms with Crippen LogP contribution in [0.2, 0.25) is 0 Å². The Morgan fingerprint density at radius 2 is 2.41 bits per heavy atom. The number of aromatic nitrogens is 4. The van der Waals surface area contributed by atoms with Crippen LogP contribution in [0.1, 0.15) is 29.2 Å². The molecular weight excluding hydrogens is 318 g/mol. The van der Waals surface area contributed by atoms with E-state index in [2.05, 4.69) is 32.0 Å². The van der Waals surface area contributed by atoms with Crippen LogP contribution in [0.4, 0.5) is 0 Å². The average molecular weight is 339 g/mol. The second-order valence-electron chi connectivity index (χ2n) is 5.32. The summed E-state index contributed by atoms with van der Waals surface area (Å²) in [7, 11) is 1.93. The molecular formula is C14H21N5OS2. The van der Waals surface area contributed by atoms with E-state index >= 15 is 0 Å². The molecule has 1 fully saturated rings. The van der Waals surface area contributed by atoms with Crippen molar-refractivity contribution in [2.75, 3.05) is 13.7 Å². The Labute approximate surface area is 138 Å². The third-order valence-corrected chi connectivity index (χ3v) is 5.50. The number of rotatable bonds is 7. The third kappa shape index (κ3) is 3.68. The Kier molecular flexibility index (Phi) is 5.46. The molecule has 0 radical (unpaired) electrons. The van der Waals surface area contributed by atoms with Gasteiger partial charge in [0.05, 0.1) is 30.4 Å². The van der Waals surface area contributed by atoms with E-state index in [-0.39, 0.29) is 6.10 Å². The van der Waals surface area contributed by atoms with Crippen LogP contribution in [0.5, 0.6) is 0 Å². The van der Waals surface area contributed by atoms with E-state index in [1.807, 2.05) is 12.6 Å². The topological polar surface area (TPSA) is 64.9 Å². The molecule has 1 N–H and O–H groups in total. The summed E-state index contributed by atoms with van der Waals surface area (Å²) < 4.78 is 7.96. The van der Waals surface area contributed by atoms with Crippen molar-refractivity contribution in [2.24, 2.45) is 0 Å². The highest BCUT2D eigenvalue weighted by atomic mass is 32.2. The van der Waals surface area contributed by atoms with E-state index < -0.39 is 0 Å². The average Bonchev–Trinajstić information content (AvgIpc) is 3.22. The van der Waals surface area contributed by atoms with Crippen molar-refractivity contribution < 1.29 is 4.74 Å². The first-order chi connectivity index (χ1) is 10.8. The van der Waals surface area contributed by atoms with Gasteiger partial charge in [0.2, 0.25) is 0 Å². The first-order valence-corrected chi connectivity index (χ1v) is 9.34. The summed E-state index contributed by atoms with van der Waals surface area (Å²) in [6.07, 6.45) is 2.55. The van der Waals surface area contributed by atoms with Gasteiger partial charge in [-0.1, -0.05) is 11.8 Å². The second kappa shape index (κ2) is 7.54. The van der Waals surface area contributed by atoms with Crippen molar-refractivity contribution in [3.8, 4) is 0 Å². The SMILES string of the molecule is CNCc1nnc(SCc2ncsc2C)n1C[C@@H]1CCCO1. The molecule has 0 unspecified atom stereocenters. The highest BCUT2D eigenvalue weighted by Gasteiger charge is 2.21. The summed E-state index contributed by atoms with van der Waals surface area (Å²) in [6.45, 7) is 4.53. The predicted octanol–water partition coefficient (Wildman–Crippen LogP) is 2.23. The van der Waals surface area contributed by atoms with Crippen molar-refractivity contribution in [1.82, 2.24) is 25.1 Å². The molecule has 2 aromatic heterocycles. The summed E-state index contributed by atoms with van der Waals surface area (Å²) in [5.74, 6) is 1.80. The minimum atomic E-state index is 0.284. The van der Waals surface area contributed by atoms with Gasteiger partial charge in [0.1, 0.15) is 5.82 Å². The van der Waals surface area contributed by atoms with E-state index in [4.69, 9.17) is 4.74 Å². The van der Waals surface area contributed by atoms with Gasteiger partial charge in [0.25, 0.3) is 0 Å². The Morgan fingerprint density at radius 3 is 3.09 bits per heavy atom. The molecule has 0 amide bonds. The largest absolute Gasteiger partial charge is 0.376 e. The molecule has 0 saturated carbocycles. The van der Waals surface area contributed by atoms with Crippen molar-refractivity contribution in [2.45, 2.75) is 49.9 Å². The van der Waals surface area contributed by atoms with Gasteiger partial charge in [-0.25, -0.2) is 4.98 Å². The molecule has 22 heavy (non-hydrogen) atoms. The minimum Gasteiger partial charge on any atom is -0.376 e. The van der Waals surface area contributed by atoms with Crippen LogP contribution in [-0.4, -0.2) is 39.5 Å². The zero-order chi connectivity index (χ0) is 15.4. The Balaban J connectivity index is 1.72. The van der Waals surface area contributed by atoms with Gasteiger partial charge in [-0.2, -0.15) is 0 Å². The van der Waals surface area contributed by atoms with Crippen molar-refractivity contribution >= 4 is 23.1 Å². The number of nitrogens with one attached hydrogen (secondary N) is 1. The van der Waals surface area contributed by atoms with Gasteiger partial charge in [-0.05, 0) is 26.8 Å². The molecule has 6 nitrogen and oxygen atoms in total. The monoisotopic (exact) mass is 339 g/mol. The van der Waals surface area contributed by atoms with E-state index in [0.29, 0.717) is 0 Å². The van der Waals surface area contributed by atoms with Crippen LogP contribution in [0.15, 0.2) is 10.7 Å². The highest BCUT2D eigenvalue weighted by molar-refractivity contribution is 7.98. The van der Waals surface area contributed by atoms with E-state index in [9.17, 15) is 0 Å². The van der Waals surface area contributed by atoms with E-state index in [1.54, 1.807) is 23.1 Å². The fourth-order valence-electron chi connectivity index (χ4n) is 2.49. The Morgan fingerprint density at radius 1 is 1.50 bits per heavy atom. The lowest BCUT2D eigenvalue weighted by molar-refractivity contribution is 0.0941. The van der Waals surface area contributed by atoms with E-state index in [1.165, 1.54) is 4.88 Å². The molecule has 2 aromatic rings. The number of thioether (sulfide) groups is 1. The van der Waals surface area contributed by atoms with Crippen LogP contribution in [-0.2, 0) is 23.6 Å². The molecule has 3 rings (SSSR count). The Hall–Kier alpha value is -0.960. The standard InChI is InChI=1S/C14H21N5OS2/c1-10-12(16-9-22-10)8-21-14-18-17-13(6-15-2)19(14)7-11-4-3-5-20-11/h9,11,15H,3-8H2,1-2H3/t11-/m0/s1. The maximum Gasteiger partial charge on any atom is 0.191 e. The van der Waals surface area contributed by atoms with E-state index in [0.717, 1.165) is 55.0 Å². The molecule has 0 aromatic carbocycles.